The molecule has 0 saturated heterocycles. The van der Waals surface area contributed by atoms with Crippen LogP contribution in [0, 0.1) is 0 Å². The fourth-order valence-electron chi connectivity index (χ4n) is 1.36. The molecule has 0 saturated carbocycles. The summed E-state index contributed by atoms with van der Waals surface area (Å²) in [4.78, 5) is -0.0511. The lowest BCUT2D eigenvalue weighted by Crippen LogP contribution is -2.18. The number of hydrogen-bond donors (Lipinski definition) is 3. The minimum absolute atomic E-state index is 0.0511. The maximum Gasteiger partial charge on any atom is 0.240 e. The number of anilines is 2. The van der Waals surface area contributed by atoms with E-state index in [0.29, 0.717) is 29.4 Å². The molecule has 102 valence electrons. The van der Waals surface area contributed by atoms with Crippen LogP contribution < -0.4 is 16.2 Å². The van der Waals surface area contributed by atoms with Crippen molar-refractivity contribution in [3.05, 3.63) is 18.2 Å². The van der Waals surface area contributed by atoms with Gasteiger partial charge in [0.05, 0.1) is 5.69 Å². The predicted molar refractivity (Wildman–Crippen MR) is 74.3 cm³/mol. The molecule has 8 heteroatoms. The summed E-state index contributed by atoms with van der Waals surface area (Å²) >= 11 is 0. The van der Waals surface area contributed by atoms with Gasteiger partial charge in [-0.1, -0.05) is 6.92 Å². The highest BCUT2D eigenvalue weighted by Gasteiger charge is 2.14. The van der Waals surface area contributed by atoms with Crippen LogP contribution in [0.25, 0.3) is 0 Å². The smallest absolute Gasteiger partial charge is 0.240 e. The Morgan fingerprint density at radius 3 is 2.61 bits per heavy atom. The molecule has 0 aliphatic heterocycles. The van der Waals surface area contributed by atoms with E-state index in [9.17, 15) is 12.6 Å². The van der Waals surface area contributed by atoms with Crippen molar-refractivity contribution in [2.75, 3.05) is 29.1 Å². The number of hydrogen-bond acceptors (Lipinski definition) is 5. The Hall–Kier alpha value is -1.12. The summed E-state index contributed by atoms with van der Waals surface area (Å²) in [5.74, 6) is 1.02. The molecule has 1 aromatic rings. The Bertz CT molecular complexity index is 543. The van der Waals surface area contributed by atoms with Crippen molar-refractivity contribution in [3.63, 3.8) is 0 Å². The van der Waals surface area contributed by atoms with E-state index < -0.39 is 20.8 Å². The largest absolute Gasteiger partial charge is 0.399 e. The number of nitrogens with one attached hydrogen (secondary N) is 1. The molecule has 0 aliphatic rings. The van der Waals surface area contributed by atoms with Crippen LogP contribution in [0.1, 0.15) is 6.92 Å². The van der Waals surface area contributed by atoms with Crippen molar-refractivity contribution < 1.29 is 12.6 Å². The first-order valence-corrected chi connectivity index (χ1v) is 8.39. The number of sulfonamides is 1. The van der Waals surface area contributed by atoms with Gasteiger partial charge in [0, 0.05) is 34.5 Å². The van der Waals surface area contributed by atoms with E-state index in [1.807, 2.05) is 6.92 Å². The summed E-state index contributed by atoms with van der Waals surface area (Å²) in [6.45, 7) is 2.24. The molecule has 1 rings (SSSR count). The molecule has 1 unspecified atom stereocenters. The molecule has 0 amide bonds. The van der Waals surface area contributed by atoms with Gasteiger partial charge >= 0.3 is 0 Å². The van der Waals surface area contributed by atoms with Crippen LogP contribution in [0.4, 0.5) is 11.4 Å². The van der Waals surface area contributed by atoms with Gasteiger partial charge in [0.1, 0.15) is 4.90 Å². The molecule has 0 fully saturated rings. The second kappa shape index (κ2) is 6.17. The van der Waals surface area contributed by atoms with E-state index in [2.05, 4.69) is 5.32 Å². The van der Waals surface area contributed by atoms with Crippen LogP contribution >= 0.6 is 0 Å². The highest BCUT2D eigenvalue weighted by atomic mass is 32.2. The number of nitrogens with two attached hydrogens (primary N) is 2. The maximum absolute atomic E-state index is 11.4. The molecule has 5 N–H and O–H groups in total. The van der Waals surface area contributed by atoms with Gasteiger partial charge in [0.15, 0.2) is 0 Å². The van der Waals surface area contributed by atoms with Crippen LogP contribution in [0.15, 0.2) is 23.1 Å². The van der Waals surface area contributed by atoms with Gasteiger partial charge in [0.2, 0.25) is 10.0 Å². The zero-order chi connectivity index (χ0) is 13.8. The van der Waals surface area contributed by atoms with Crippen molar-refractivity contribution in [1.82, 2.24) is 0 Å². The molecule has 0 spiro atoms. The topological polar surface area (TPSA) is 115 Å². The highest BCUT2D eigenvalue weighted by molar-refractivity contribution is 7.89. The summed E-state index contributed by atoms with van der Waals surface area (Å²) in [6, 6.07) is 4.42. The second-order valence-corrected chi connectivity index (χ2v) is 7.06. The van der Waals surface area contributed by atoms with Gasteiger partial charge in [-0.2, -0.15) is 0 Å². The van der Waals surface area contributed by atoms with Crippen molar-refractivity contribution in [2.24, 2.45) is 5.14 Å². The van der Waals surface area contributed by atoms with E-state index in [-0.39, 0.29) is 4.90 Å². The van der Waals surface area contributed by atoms with Crippen LogP contribution in [0.2, 0.25) is 0 Å². The Morgan fingerprint density at radius 2 is 2.06 bits per heavy atom. The first-order valence-electron chi connectivity index (χ1n) is 5.35. The predicted octanol–water partition coefficient (Wildman–Crippen LogP) is 0.0967. The molecule has 18 heavy (non-hydrogen) atoms. The average molecular weight is 291 g/mol. The van der Waals surface area contributed by atoms with E-state index in [1.165, 1.54) is 6.07 Å². The van der Waals surface area contributed by atoms with E-state index in [0.717, 1.165) is 0 Å². The van der Waals surface area contributed by atoms with Crippen molar-refractivity contribution >= 4 is 32.2 Å². The quantitative estimate of drug-likeness (QED) is 0.643. The molecule has 6 nitrogen and oxygen atoms in total. The van der Waals surface area contributed by atoms with Gasteiger partial charge < -0.3 is 11.1 Å². The lowest BCUT2D eigenvalue weighted by atomic mass is 10.3. The van der Waals surface area contributed by atoms with Crippen molar-refractivity contribution in [1.29, 1.82) is 0 Å². The first-order chi connectivity index (χ1) is 8.34. The summed E-state index contributed by atoms with van der Waals surface area (Å²) < 4.78 is 34.0. The van der Waals surface area contributed by atoms with Crippen molar-refractivity contribution in [3.8, 4) is 0 Å². The molecule has 1 atom stereocenters. The highest BCUT2D eigenvalue weighted by Crippen LogP contribution is 2.22. The maximum atomic E-state index is 11.4. The van der Waals surface area contributed by atoms with E-state index >= 15 is 0 Å². The lowest BCUT2D eigenvalue weighted by Gasteiger charge is -2.11. The Kier molecular flexibility index (Phi) is 5.12. The van der Waals surface area contributed by atoms with Gasteiger partial charge in [-0.05, 0) is 18.2 Å². The molecule has 0 radical (unpaired) electrons. The standard InChI is InChI=1S/C10H17N3O3S2/c1-2-17(14)6-5-13-9-4-3-8(11)7-10(9)18(12,15)16/h3-4,7,13H,2,5-6,11H2,1H3,(H2,12,15,16). The minimum Gasteiger partial charge on any atom is -0.399 e. The van der Waals surface area contributed by atoms with Gasteiger partial charge in [0.25, 0.3) is 0 Å². The SMILES string of the molecule is CCS(=O)CCNc1ccc(N)cc1S(N)(=O)=O. The third-order valence-electron chi connectivity index (χ3n) is 2.28. The molecule has 0 aromatic heterocycles. The third-order valence-corrected chi connectivity index (χ3v) is 4.53. The van der Waals surface area contributed by atoms with Gasteiger partial charge in [-0.25, -0.2) is 13.6 Å². The van der Waals surface area contributed by atoms with Crippen LogP contribution in [0.3, 0.4) is 0 Å². The minimum atomic E-state index is -3.83. The Labute approximate surface area is 109 Å². The first kappa shape index (κ1) is 14.9. The summed E-state index contributed by atoms with van der Waals surface area (Å²) in [5.41, 5.74) is 6.22. The second-order valence-electron chi connectivity index (χ2n) is 3.66. The van der Waals surface area contributed by atoms with E-state index in [4.69, 9.17) is 10.9 Å². The fraction of sp³-hybridized carbons (Fsp3) is 0.400. The summed E-state index contributed by atoms with van der Waals surface area (Å²) in [6.07, 6.45) is 0. The van der Waals surface area contributed by atoms with E-state index in [1.54, 1.807) is 12.1 Å². The average Bonchev–Trinajstić information content (AvgIpc) is 2.29. The van der Waals surface area contributed by atoms with Crippen LogP contribution in [0.5, 0.6) is 0 Å². The molecule has 0 aliphatic carbocycles. The molecule has 1 aromatic carbocycles. The van der Waals surface area contributed by atoms with Gasteiger partial charge in [-0.15, -0.1) is 0 Å². The molecular formula is C10H17N3O3S2. The van der Waals surface area contributed by atoms with Gasteiger partial charge in [-0.3, -0.25) is 4.21 Å². The Morgan fingerprint density at radius 1 is 1.39 bits per heavy atom. The van der Waals surface area contributed by atoms with Crippen LogP contribution in [-0.2, 0) is 20.8 Å². The third kappa shape index (κ3) is 4.28. The zero-order valence-corrected chi connectivity index (χ0v) is 11.7. The number of benzene rings is 1. The van der Waals surface area contributed by atoms with Crippen LogP contribution in [-0.4, -0.2) is 30.7 Å². The van der Waals surface area contributed by atoms with Crippen molar-refractivity contribution in [2.45, 2.75) is 11.8 Å². The monoisotopic (exact) mass is 291 g/mol. The normalized spacial score (nSPS) is 13.2. The summed E-state index contributed by atoms with van der Waals surface area (Å²) in [7, 11) is -4.73. The molecular weight excluding hydrogens is 274 g/mol. The summed E-state index contributed by atoms with van der Waals surface area (Å²) in [5, 5.41) is 8.01. The fourth-order valence-corrected chi connectivity index (χ4v) is 2.73. The number of nitrogen functional groups attached to an aromatic ring is 1. The molecule has 0 heterocycles. The lowest BCUT2D eigenvalue weighted by molar-refractivity contribution is 0.598. The zero-order valence-electron chi connectivity index (χ0n) is 10.0. The number of primary sulfonamides is 1. The Balaban J connectivity index is 2.86. The molecule has 0 bridgehead atoms. The number of rotatable bonds is 6.